The number of rotatable bonds is 4. The van der Waals surface area contributed by atoms with E-state index in [2.05, 4.69) is 20.3 Å². The Morgan fingerprint density at radius 3 is 2.65 bits per heavy atom. The molecule has 0 spiro atoms. The Hall–Kier alpha value is -2.11. The molecule has 20 heavy (non-hydrogen) atoms. The molecule has 2 N–H and O–H groups in total. The van der Waals surface area contributed by atoms with Gasteiger partial charge in [-0.05, 0) is 32.9 Å². The van der Waals surface area contributed by atoms with Crippen LogP contribution in [0.15, 0.2) is 30.3 Å². The smallest absolute Gasteiger partial charge is 0.387 e. The average Bonchev–Trinajstić information content (AvgIpc) is 2.74. The topological polar surface area (TPSA) is 49.9 Å². The minimum Gasteiger partial charge on any atom is -0.435 e. The standard InChI is InChI=1S/C14H17F2N3O/c1-14(2,3)17-12-8-11(18-19-12)9-5-4-6-10(7-9)20-13(15)16/h4-8,13H,1-3H3,(H2,17,18,19). The molecule has 1 heterocycles. The normalized spacial score (nSPS) is 11.7. The molecule has 1 aromatic heterocycles. The Morgan fingerprint density at radius 2 is 2.00 bits per heavy atom. The highest BCUT2D eigenvalue weighted by atomic mass is 19.3. The first-order chi connectivity index (χ1) is 9.33. The molecule has 0 aliphatic heterocycles. The number of halogens is 2. The monoisotopic (exact) mass is 281 g/mol. The van der Waals surface area contributed by atoms with Crippen molar-refractivity contribution in [3.05, 3.63) is 30.3 Å². The maximum Gasteiger partial charge on any atom is 0.387 e. The number of hydrogen-bond donors (Lipinski definition) is 2. The predicted octanol–water partition coefficient (Wildman–Crippen LogP) is 3.89. The summed E-state index contributed by atoms with van der Waals surface area (Å²) < 4.78 is 28.8. The number of nitrogens with zero attached hydrogens (tertiary/aromatic N) is 1. The van der Waals surface area contributed by atoms with Crippen LogP contribution in [0.5, 0.6) is 5.75 Å². The zero-order chi connectivity index (χ0) is 14.8. The summed E-state index contributed by atoms with van der Waals surface area (Å²) in [7, 11) is 0. The molecule has 0 aliphatic rings. The third-order valence-electron chi connectivity index (χ3n) is 2.45. The number of H-pyrrole nitrogens is 1. The van der Waals surface area contributed by atoms with Crippen LogP contribution >= 0.6 is 0 Å². The van der Waals surface area contributed by atoms with Crippen LogP contribution in [0.1, 0.15) is 20.8 Å². The fourth-order valence-electron chi connectivity index (χ4n) is 1.76. The van der Waals surface area contributed by atoms with Crippen molar-refractivity contribution in [3.8, 4) is 17.0 Å². The molecule has 0 saturated carbocycles. The van der Waals surface area contributed by atoms with Crippen molar-refractivity contribution >= 4 is 5.82 Å². The Bertz CT molecular complexity index is 576. The molecule has 0 amide bonds. The number of alkyl halides is 2. The number of anilines is 1. The highest BCUT2D eigenvalue weighted by molar-refractivity contribution is 5.64. The molecular weight excluding hydrogens is 264 g/mol. The second-order valence-corrected chi connectivity index (χ2v) is 5.45. The molecule has 0 fully saturated rings. The van der Waals surface area contributed by atoms with Gasteiger partial charge in [0, 0.05) is 17.2 Å². The summed E-state index contributed by atoms with van der Waals surface area (Å²) in [5.74, 6) is 0.824. The van der Waals surface area contributed by atoms with Gasteiger partial charge < -0.3 is 10.1 Å². The molecule has 1 aromatic carbocycles. The van der Waals surface area contributed by atoms with E-state index in [1.807, 2.05) is 26.8 Å². The molecule has 0 aliphatic carbocycles. The molecule has 0 radical (unpaired) electrons. The zero-order valence-corrected chi connectivity index (χ0v) is 11.6. The quantitative estimate of drug-likeness (QED) is 0.894. The lowest BCUT2D eigenvalue weighted by atomic mass is 10.1. The van der Waals surface area contributed by atoms with Crippen molar-refractivity contribution in [2.24, 2.45) is 0 Å². The van der Waals surface area contributed by atoms with Gasteiger partial charge in [-0.3, -0.25) is 5.10 Å². The van der Waals surface area contributed by atoms with E-state index in [0.29, 0.717) is 5.82 Å². The third kappa shape index (κ3) is 3.94. The Balaban J connectivity index is 2.19. The highest BCUT2D eigenvalue weighted by Crippen LogP contribution is 2.25. The SMILES string of the molecule is CC(C)(C)Nc1cc(-c2cccc(OC(F)F)c2)[nH]n1. The van der Waals surface area contributed by atoms with Crippen molar-refractivity contribution < 1.29 is 13.5 Å². The summed E-state index contributed by atoms with van der Waals surface area (Å²) in [5.41, 5.74) is 1.36. The second kappa shape index (κ2) is 5.48. The van der Waals surface area contributed by atoms with Crippen molar-refractivity contribution in [2.75, 3.05) is 5.32 Å². The molecule has 0 saturated heterocycles. The first kappa shape index (κ1) is 14.3. The van der Waals surface area contributed by atoms with Crippen LogP contribution in [0, 0.1) is 0 Å². The van der Waals surface area contributed by atoms with Gasteiger partial charge in [0.2, 0.25) is 0 Å². The van der Waals surface area contributed by atoms with Crippen LogP contribution < -0.4 is 10.1 Å². The van der Waals surface area contributed by atoms with Gasteiger partial charge in [0.05, 0.1) is 5.69 Å². The maximum atomic E-state index is 12.2. The lowest BCUT2D eigenvalue weighted by Gasteiger charge is -2.19. The minimum absolute atomic E-state index is 0.104. The second-order valence-electron chi connectivity index (χ2n) is 5.45. The first-order valence-electron chi connectivity index (χ1n) is 6.22. The first-order valence-corrected chi connectivity index (χ1v) is 6.22. The van der Waals surface area contributed by atoms with Crippen LogP contribution in [0.4, 0.5) is 14.6 Å². The Kier molecular flexibility index (Phi) is 3.92. The van der Waals surface area contributed by atoms with Gasteiger partial charge in [-0.1, -0.05) is 12.1 Å². The summed E-state index contributed by atoms with van der Waals surface area (Å²) in [6.07, 6.45) is 0. The van der Waals surface area contributed by atoms with Gasteiger partial charge in [-0.15, -0.1) is 0 Å². The molecule has 108 valence electrons. The van der Waals surface area contributed by atoms with Crippen molar-refractivity contribution in [1.82, 2.24) is 10.2 Å². The van der Waals surface area contributed by atoms with E-state index in [1.165, 1.54) is 6.07 Å². The minimum atomic E-state index is -2.83. The number of ether oxygens (including phenoxy) is 1. The fourth-order valence-corrected chi connectivity index (χ4v) is 1.76. The summed E-state index contributed by atoms with van der Waals surface area (Å²) in [5, 5.41) is 10.2. The van der Waals surface area contributed by atoms with Gasteiger partial charge in [0.1, 0.15) is 11.6 Å². The van der Waals surface area contributed by atoms with Gasteiger partial charge >= 0.3 is 6.61 Å². The predicted molar refractivity (Wildman–Crippen MR) is 74.0 cm³/mol. The van der Waals surface area contributed by atoms with E-state index in [9.17, 15) is 8.78 Å². The van der Waals surface area contributed by atoms with E-state index in [1.54, 1.807) is 18.2 Å². The van der Waals surface area contributed by atoms with E-state index < -0.39 is 6.61 Å². The summed E-state index contributed by atoms with van der Waals surface area (Å²) in [6, 6.07) is 8.31. The number of aromatic nitrogens is 2. The van der Waals surface area contributed by atoms with E-state index in [0.717, 1.165) is 11.3 Å². The van der Waals surface area contributed by atoms with Crippen LogP contribution in [-0.4, -0.2) is 22.3 Å². The molecule has 2 aromatic rings. The number of hydrogen-bond acceptors (Lipinski definition) is 3. The van der Waals surface area contributed by atoms with Crippen LogP contribution in [0.25, 0.3) is 11.3 Å². The van der Waals surface area contributed by atoms with E-state index in [-0.39, 0.29) is 11.3 Å². The molecule has 0 atom stereocenters. The Morgan fingerprint density at radius 1 is 1.25 bits per heavy atom. The van der Waals surface area contributed by atoms with Crippen molar-refractivity contribution in [2.45, 2.75) is 32.9 Å². The summed E-state index contributed by atoms with van der Waals surface area (Å²) in [6.45, 7) is 3.25. The zero-order valence-electron chi connectivity index (χ0n) is 11.6. The lowest BCUT2D eigenvalue weighted by molar-refractivity contribution is -0.0498. The van der Waals surface area contributed by atoms with Crippen LogP contribution in [0.2, 0.25) is 0 Å². The average molecular weight is 281 g/mol. The largest absolute Gasteiger partial charge is 0.435 e. The lowest BCUT2D eigenvalue weighted by Crippen LogP contribution is -2.26. The molecule has 2 rings (SSSR count). The number of aromatic amines is 1. The summed E-state index contributed by atoms with van der Waals surface area (Å²) >= 11 is 0. The molecule has 6 heteroatoms. The highest BCUT2D eigenvalue weighted by Gasteiger charge is 2.12. The molecule has 0 unspecified atom stereocenters. The third-order valence-corrected chi connectivity index (χ3v) is 2.45. The van der Waals surface area contributed by atoms with Gasteiger partial charge in [0.25, 0.3) is 0 Å². The van der Waals surface area contributed by atoms with Gasteiger partial charge in [-0.25, -0.2) is 0 Å². The molecule has 0 bridgehead atoms. The number of nitrogens with one attached hydrogen (secondary N) is 2. The molecular formula is C14H17F2N3O. The van der Waals surface area contributed by atoms with Crippen LogP contribution in [-0.2, 0) is 0 Å². The fraction of sp³-hybridized carbons (Fsp3) is 0.357. The molecule has 4 nitrogen and oxygen atoms in total. The number of benzene rings is 1. The van der Waals surface area contributed by atoms with Gasteiger partial charge in [0.15, 0.2) is 0 Å². The maximum absolute atomic E-state index is 12.2. The summed E-state index contributed by atoms with van der Waals surface area (Å²) in [4.78, 5) is 0. The van der Waals surface area contributed by atoms with Crippen LogP contribution in [0.3, 0.4) is 0 Å². The van der Waals surface area contributed by atoms with Crippen molar-refractivity contribution in [3.63, 3.8) is 0 Å². The van der Waals surface area contributed by atoms with Crippen molar-refractivity contribution in [1.29, 1.82) is 0 Å². The van der Waals surface area contributed by atoms with E-state index >= 15 is 0 Å². The Labute approximate surface area is 116 Å². The van der Waals surface area contributed by atoms with E-state index in [4.69, 9.17) is 0 Å². The van der Waals surface area contributed by atoms with Gasteiger partial charge in [-0.2, -0.15) is 13.9 Å².